The van der Waals surface area contributed by atoms with E-state index in [1.165, 1.54) is 35.9 Å². The molecule has 13 heteroatoms. The molecule has 2 N–H and O–H groups in total. The van der Waals surface area contributed by atoms with Crippen molar-refractivity contribution in [3.05, 3.63) is 63.7 Å². The van der Waals surface area contributed by atoms with Crippen molar-refractivity contribution < 1.29 is 18.1 Å². The molecule has 0 unspecified atom stereocenters. The van der Waals surface area contributed by atoms with Crippen molar-refractivity contribution in [2.75, 3.05) is 10.0 Å². The van der Waals surface area contributed by atoms with Crippen LogP contribution in [0.2, 0.25) is 0 Å². The number of nitrogens with one attached hydrogen (secondary N) is 2. The van der Waals surface area contributed by atoms with Crippen molar-refractivity contribution in [1.82, 2.24) is 19.7 Å². The maximum Gasteiger partial charge on any atom is 0.309 e. The number of anilines is 2. The van der Waals surface area contributed by atoms with Gasteiger partial charge in [-0.15, -0.1) is 0 Å². The van der Waals surface area contributed by atoms with Crippen LogP contribution in [-0.2, 0) is 21.4 Å². The van der Waals surface area contributed by atoms with E-state index in [0.29, 0.717) is 17.1 Å². The third-order valence-electron chi connectivity index (χ3n) is 4.22. The third-order valence-corrected chi connectivity index (χ3v) is 5.57. The molecule has 31 heavy (non-hydrogen) atoms. The van der Waals surface area contributed by atoms with E-state index in [1.807, 2.05) is 0 Å². The van der Waals surface area contributed by atoms with E-state index in [1.54, 1.807) is 19.9 Å². The largest absolute Gasteiger partial charge is 0.324 e. The van der Waals surface area contributed by atoms with Crippen molar-refractivity contribution in [1.29, 1.82) is 0 Å². The number of sulfonamides is 1. The summed E-state index contributed by atoms with van der Waals surface area (Å²) in [5, 5.41) is 17.3. The van der Waals surface area contributed by atoms with Crippen LogP contribution in [0.3, 0.4) is 0 Å². The van der Waals surface area contributed by atoms with Gasteiger partial charge < -0.3 is 5.32 Å². The molecule has 0 aliphatic heterocycles. The zero-order valence-electron chi connectivity index (χ0n) is 16.9. The molecule has 2 aromatic heterocycles. The summed E-state index contributed by atoms with van der Waals surface area (Å²) >= 11 is 0. The molecule has 3 aromatic rings. The van der Waals surface area contributed by atoms with Crippen molar-refractivity contribution in [2.24, 2.45) is 0 Å². The summed E-state index contributed by atoms with van der Waals surface area (Å²) in [5.41, 5.74) is 1.68. The summed E-state index contributed by atoms with van der Waals surface area (Å²) in [6.45, 7) is 4.72. The summed E-state index contributed by atoms with van der Waals surface area (Å²) in [6.07, 6.45) is 1.08. The molecule has 0 aliphatic rings. The lowest BCUT2D eigenvalue weighted by molar-refractivity contribution is -0.385. The van der Waals surface area contributed by atoms with Crippen LogP contribution in [0.5, 0.6) is 0 Å². The molecule has 0 atom stereocenters. The number of hydrogen-bond acceptors (Lipinski definition) is 8. The number of rotatable bonds is 7. The molecule has 0 spiro atoms. The molecule has 1 aromatic carbocycles. The average molecular weight is 445 g/mol. The van der Waals surface area contributed by atoms with Gasteiger partial charge in [0.1, 0.15) is 18.4 Å². The Labute approximate surface area is 177 Å². The van der Waals surface area contributed by atoms with Crippen LogP contribution in [0.15, 0.2) is 41.4 Å². The lowest BCUT2D eigenvalue weighted by Gasteiger charge is -2.10. The fourth-order valence-electron chi connectivity index (χ4n) is 2.78. The van der Waals surface area contributed by atoms with E-state index in [0.717, 1.165) is 6.20 Å². The number of nitro groups is 1. The molecule has 3 rings (SSSR count). The Balaban J connectivity index is 1.68. The predicted molar refractivity (Wildman–Crippen MR) is 111 cm³/mol. The zero-order chi connectivity index (χ0) is 22.8. The van der Waals surface area contributed by atoms with E-state index < -0.39 is 20.9 Å². The normalized spacial score (nSPS) is 11.2. The fourth-order valence-corrected chi connectivity index (χ4v) is 3.72. The second kappa shape index (κ2) is 8.47. The van der Waals surface area contributed by atoms with Gasteiger partial charge in [-0.3, -0.25) is 19.6 Å². The van der Waals surface area contributed by atoms with Crippen LogP contribution in [0.25, 0.3) is 0 Å². The number of nitrogens with zero attached hydrogens (tertiary/aromatic N) is 5. The van der Waals surface area contributed by atoms with Gasteiger partial charge in [-0.05, 0) is 51.1 Å². The molecule has 2 heterocycles. The monoisotopic (exact) mass is 445 g/mol. The Morgan fingerprint density at radius 2 is 1.74 bits per heavy atom. The van der Waals surface area contributed by atoms with Crippen LogP contribution in [-0.4, -0.2) is 39.0 Å². The van der Waals surface area contributed by atoms with E-state index >= 15 is 0 Å². The standard InChI is InChI=1S/C18H19N7O5S/c1-11-8-12(2)21-18(20-11)23-31(29,30)15-6-4-14(5-7-15)22-17(26)10-24-13(3)16(9-19-24)25(27)28/h4-9H,10H2,1-3H3,(H,22,26)(H,20,21,23). The van der Waals surface area contributed by atoms with E-state index in [-0.39, 0.29) is 28.8 Å². The van der Waals surface area contributed by atoms with Gasteiger partial charge >= 0.3 is 5.69 Å². The minimum Gasteiger partial charge on any atom is -0.324 e. The molecular formula is C18H19N7O5S. The summed E-state index contributed by atoms with van der Waals surface area (Å²) < 4.78 is 28.6. The van der Waals surface area contributed by atoms with Gasteiger partial charge in [0.25, 0.3) is 10.0 Å². The minimum absolute atomic E-state index is 0.0291. The number of aryl methyl sites for hydroxylation is 2. The van der Waals surface area contributed by atoms with Crippen molar-refractivity contribution in [3.8, 4) is 0 Å². The highest BCUT2D eigenvalue weighted by molar-refractivity contribution is 7.92. The number of carbonyl (C=O) groups is 1. The van der Waals surface area contributed by atoms with Crippen molar-refractivity contribution in [3.63, 3.8) is 0 Å². The highest BCUT2D eigenvalue weighted by atomic mass is 32.2. The molecule has 0 saturated carbocycles. The second-order valence-corrected chi connectivity index (χ2v) is 8.36. The smallest absolute Gasteiger partial charge is 0.309 e. The molecule has 1 amide bonds. The van der Waals surface area contributed by atoms with Gasteiger partial charge in [0.2, 0.25) is 11.9 Å². The highest BCUT2D eigenvalue weighted by Gasteiger charge is 2.19. The minimum atomic E-state index is -3.92. The first-order chi connectivity index (χ1) is 14.5. The Kier molecular flexibility index (Phi) is 5.97. The van der Waals surface area contributed by atoms with E-state index in [9.17, 15) is 23.3 Å². The SMILES string of the molecule is Cc1cc(C)nc(NS(=O)(=O)c2ccc(NC(=O)Cn3ncc([N+](=O)[O-])c3C)cc2)n1. The molecule has 0 bridgehead atoms. The molecule has 162 valence electrons. The zero-order valence-corrected chi connectivity index (χ0v) is 17.7. The molecule has 0 saturated heterocycles. The van der Waals surface area contributed by atoms with Crippen LogP contribution in [0, 0.1) is 30.9 Å². The molecule has 12 nitrogen and oxygen atoms in total. The number of aromatic nitrogens is 4. The lowest BCUT2D eigenvalue weighted by atomic mass is 10.3. The van der Waals surface area contributed by atoms with E-state index in [2.05, 4.69) is 25.1 Å². The van der Waals surface area contributed by atoms with Gasteiger partial charge in [0, 0.05) is 17.1 Å². The number of benzene rings is 1. The number of carbonyl (C=O) groups excluding carboxylic acids is 1. The highest BCUT2D eigenvalue weighted by Crippen LogP contribution is 2.18. The molecule has 0 radical (unpaired) electrons. The summed E-state index contributed by atoms with van der Waals surface area (Å²) in [6, 6.07) is 7.22. The first-order valence-corrected chi connectivity index (χ1v) is 10.5. The van der Waals surface area contributed by atoms with Gasteiger partial charge in [-0.1, -0.05) is 0 Å². The quantitative estimate of drug-likeness (QED) is 0.412. The first kappa shape index (κ1) is 21.8. The number of hydrogen-bond donors (Lipinski definition) is 2. The molecule has 0 aliphatic carbocycles. The summed E-state index contributed by atoms with van der Waals surface area (Å²) in [4.78, 5) is 30.6. The van der Waals surface area contributed by atoms with Gasteiger partial charge in [-0.25, -0.2) is 23.1 Å². The second-order valence-electron chi connectivity index (χ2n) is 6.68. The van der Waals surface area contributed by atoms with Crippen LogP contribution in [0.4, 0.5) is 17.3 Å². The fraction of sp³-hybridized carbons (Fsp3) is 0.222. The summed E-state index contributed by atoms with van der Waals surface area (Å²) in [5.74, 6) is -0.503. The maximum atomic E-state index is 12.5. The first-order valence-electron chi connectivity index (χ1n) is 8.97. The predicted octanol–water partition coefficient (Wildman–Crippen LogP) is 1.95. The summed E-state index contributed by atoms with van der Waals surface area (Å²) in [7, 11) is -3.92. The number of amides is 1. The molecule has 0 fully saturated rings. The van der Waals surface area contributed by atoms with Crippen molar-refractivity contribution in [2.45, 2.75) is 32.2 Å². The average Bonchev–Trinajstić information content (AvgIpc) is 3.01. The maximum absolute atomic E-state index is 12.5. The van der Waals surface area contributed by atoms with E-state index in [4.69, 9.17) is 0 Å². The topological polar surface area (TPSA) is 162 Å². The van der Waals surface area contributed by atoms with Crippen LogP contribution >= 0.6 is 0 Å². The molecular weight excluding hydrogens is 426 g/mol. The van der Waals surface area contributed by atoms with Crippen LogP contribution in [0.1, 0.15) is 17.1 Å². The Morgan fingerprint density at radius 3 is 2.29 bits per heavy atom. The third kappa shape index (κ3) is 5.19. The Hall–Kier alpha value is -3.87. The van der Waals surface area contributed by atoms with Crippen LogP contribution < -0.4 is 10.0 Å². The van der Waals surface area contributed by atoms with Gasteiger partial charge in [-0.2, -0.15) is 5.10 Å². The van der Waals surface area contributed by atoms with Gasteiger partial charge in [0.05, 0.1) is 9.82 Å². The Bertz CT molecular complexity index is 1230. The lowest BCUT2D eigenvalue weighted by Crippen LogP contribution is -2.20. The Morgan fingerprint density at radius 1 is 1.13 bits per heavy atom. The van der Waals surface area contributed by atoms with Crippen molar-refractivity contribution >= 4 is 33.3 Å². The van der Waals surface area contributed by atoms with Gasteiger partial charge in [0.15, 0.2) is 0 Å².